The molecule has 0 saturated heterocycles. The number of para-hydroxylation sites is 1. The molecule has 3 heteroatoms. The maximum Gasteiger partial charge on any atom is 0.0715 e. The van der Waals surface area contributed by atoms with Gasteiger partial charge in [-0.25, -0.2) is 4.98 Å². The maximum atomic E-state index is 5.26. The molecule has 0 saturated carbocycles. The number of hydrogen-bond donors (Lipinski definition) is 0. The van der Waals surface area contributed by atoms with Crippen molar-refractivity contribution in [2.75, 3.05) is 0 Å². The van der Waals surface area contributed by atoms with Gasteiger partial charge in [-0.2, -0.15) is 0 Å². The van der Waals surface area contributed by atoms with Crippen LogP contribution >= 0.6 is 11.3 Å². The van der Waals surface area contributed by atoms with Crippen molar-refractivity contribution < 1.29 is 0 Å². The molecule has 222 valence electrons. The fourth-order valence-corrected chi connectivity index (χ4v) is 9.22. The third-order valence-electron chi connectivity index (χ3n) is 10.1. The first kappa shape index (κ1) is 26.7. The predicted octanol–water partition coefficient (Wildman–Crippen LogP) is 12.2. The molecular formula is C44H30N2S. The van der Waals surface area contributed by atoms with Gasteiger partial charge in [0.2, 0.25) is 0 Å². The van der Waals surface area contributed by atoms with Gasteiger partial charge in [0.25, 0.3) is 0 Å². The summed E-state index contributed by atoms with van der Waals surface area (Å²) in [7, 11) is 0. The third kappa shape index (κ3) is 3.81. The van der Waals surface area contributed by atoms with Crippen LogP contribution in [0.4, 0.5) is 0 Å². The first-order valence-corrected chi connectivity index (χ1v) is 17.0. The van der Waals surface area contributed by atoms with Gasteiger partial charge in [0.15, 0.2) is 0 Å². The van der Waals surface area contributed by atoms with E-state index in [1.165, 1.54) is 69.9 Å². The second-order valence-electron chi connectivity index (χ2n) is 13.2. The van der Waals surface area contributed by atoms with Crippen LogP contribution in [0.5, 0.6) is 0 Å². The van der Waals surface area contributed by atoms with Crippen LogP contribution in [0, 0.1) is 0 Å². The molecule has 2 nitrogen and oxygen atoms in total. The summed E-state index contributed by atoms with van der Waals surface area (Å²) in [4.78, 5) is 6.68. The number of fused-ring (bicyclic) bond motifs is 9. The Morgan fingerprint density at radius 1 is 0.532 bits per heavy atom. The van der Waals surface area contributed by atoms with Gasteiger partial charge in [-0.05, 0) is 51.7 Å². The highest BCUT2D eigenvalue weighted by molar-refractivity contribution is 7.20. The van der Waals surface area contributed by atoms with Gasteiger partial charge in [0.1, 0.15) is 0 Å². The predicted molar refractivity (Wildman–Crippen MR) is 200 cm³/mol. The van der Waals surface area contributed by atoms with Crippen molar-refractivity contribution in [3.05, 3.63) is 156 Å². The van der Waals surface area contributed by atoms with Crippen LogP contribution in [0.25, 0.3) is 82.0 Å². The molecule has 6 aromatic carbocycles. The van der Waals surface area contributed by atoms with Gasteiger partial charge in [-0.15, -0.1) is 11.3 Å². The molecule has 0 bridgehead atoms. The minimum Gasteiger partial charge on any atom is -0.307 e. The van der Waals surface area contributed by atoms with E-state index in [1.54, 1.807) is 0 Å². The molecule has 4 heterocycles. The largest absolute Gasteiger partial charge is 0.307 e. The van der Waals surface area contributed by atoms with E-state index < -0.39 is 0 Å². The standard InChI is InChI=1S/C44H30N2S/c1-44(2)36-19-11-18-33-35-24-30(38-26-31(27-12-5-3-6-13-27)25-37(45-38)29-15-7-4-8-16-29)21-23-39(35)46(40(33)36)41-34-22-20-28-14-9-10-17-32(28)42(34)47-43(41)44/h3-26H,1-2H3. The van der Waals surface area contributed by atoms with Gasteiger partial charge in [-0.3, -0.25) is 0 Å². The van der Waals surface area contributed by atoms with Gasteiger partial charge < -0.3 is 4.57 Å². The Bertz CT molecular complexity index is 2640. The molecule has 10 rings (SSSR count). The van der Waals surface area contributed by atoms with E-state index in [-0.39, 0.29) is 5.41 Å². The van der Waals surface area contributed by atoms with E-state index in [0.29, 0.717) is 0 Å². The minimum absolute atomic E-state index is 0.122. The lowest BCUT2D eigenvalue weighted by atomic mass is 9.79. The first-order valence-electron chi connectivity index (χ1n) is 16.2. The summed E-state index contributed by atoms with van der Waals surface area (Å²) in [5.41, 5.74) is 11.7. The average Bonchev–Trinajstić information content (AvgIpc) is 3.68. The molecule has 0 unspecified atom stereocenters. The molecule has 0 atom stereocenters. The maximum absolute atomic E-state index is 5.26. The quantitative estimate of drug-likeness (QED) is 0.193. The summed E-state index contributed by atoms with van der Waals surface area (Å²) in [6.45, 7) is 4.80. The topological polar surface area (TPSA) is 17.8 Å². The van der Waals surface area contributed by atoms with Crippen LogP contribution in [0.2, 0.25) is 0 Å². The van der Waals surface area contributed by atoms with Crippen LogP contribution < -0.4 is 0 Å². The first-order chi connectivity index (χ1) is 23.1. The summed E-state index contributed by atoms with van der Waals surface area (Å²) in [5, 5.41) is 6.51. The zero-order chi connectivity index (χ0) is 31.3. The number of benzene rings is 6. The number of aromatic nitrogens is 2. The lowest BCUT2D eigenvalue weighted by Gasteiger charge is -2.32. The van der Waals surface area contributed by atoms with Gasteiger partial charge in [0.05, 0.1) is 28.1 Å². The number of thiophene rings is 1. The second kappa shape index (κ2) is 9.75. The highest BCUT2D eigenvalue weighted by atomic mass is 32.1. The van der Waals surface area contributed by atoms with Crippen LogP contribution in [0.3, 0.4) is 0 Å². The second-order valence-corrected chi connectivity index (χ2v) is 14.2. The number of hydrogen-bond acceptors (Lipinski definition) is 2. The van der Waals surface area contributed by atoms with Crippen molar-refractivity contribution in [1.82, 2.24) is 9.55 Å². The SMILES string of the molecule is CC1(C)c2sc3c(ccc4ccccc43)c2-n2c3ccc(-c4cc(-c5ccccc5)cc(-c5ccccc5)n4)cc3c3cccc1c32. The lowest BCUT2D eigenvalue weighted by Crippen LogP contribution is -2.24. The monoisotopic (exact) mass is 618 g/mol. The Kier molecular flexibility index (Phi) is 5.53. The molecule has 0 spiro atoms. The van der Waals surface area contributed by atoms with Gasteiger partial charge >= 0.3 is 0 Å². The highest BCUT2D eigenvalue weighted by Gasteiger charge is 2.38. The Balaban J connectivity index is 1.25. The minimum atomic E-state index is -0.122. The molecular weight excluding hydrogens is 589 g/mol. The molecule has 0 aliphatic carbocycles. The van der Waals surface area contributed by atoms with Crippen molar-refractivity contribution in [3.63, 3.8) is 0 Å². The van der Waals surface area contributed by atoms with E-state index in [2.05, 4.69) is 164 Å². The van der Waals surface area contributed by atoms with E-state index >= 15 is 0 Å². The molecule has 0 N–H and O–H groups in total. The molecule has 0 fully saturated rings. The fraction of sp³-hybridized carbons (Fsp3) is 0.0682. The van der Waals surface area contributed by atoms with Crippen molar-refractivity contribution in [2.45, 2.75) is 19.3 Å². The fourth-order valence-electron chi connectivity index (χ4n) is 7.78. The zero-order valence-electron chi connectivity index (χ0n) is 26.2. The molecule has 1 aliphatic heterocycles. The smallest absolute Gasteiger partial charge is 0.0715 e. The summed E-state index contributed by atoms with van der Waals surface area (Å²) >= 11 is 1.96. The molecule has 0 amide bonds. The summed E-state index contributed by atoms with van der Waals surface area (Å²) in [6, 6.07) is 52.8. The summed E-state index contributed by atoms with van der Waals surface area (Å²) in [6.07, 6.45) is 0. The zero-order valence-corrected chi connectivity index (χ0v) is 27.0. The van der Waals surface area contributed by atoms with Crippen LogP contribution in [-0.4, -0.2) is 9.55 Å². The van der Waals surface area contributed by atoms with Crippen molar-refractivity contribution in [2.24, 2.45) is 0 Å². The van der Waals surface area contributed by atoms with E-state index in [4.69, 9.17) is 4.98 Å². The van der Waals surface area contributed by atoms with E-state index in [9.17, 15) is 0 Å². The molecule has 3 aromatic heterocycles. The molecule has 1 aliphatic rings. The van der Waals surface area contributed by atoms with E-state index in [0.717, 1.165) is 22.5 Å². The van der Waals surface area contributed by atoms with Crippen LogP contribution in [0.1, 0.15) is 24.3 Å². The number of nitrogens with zero attached hydrogens (tertiary/aromatic N) is 2. The van der Waals surface area contributed by atoms with Crippen molar-refractivity contribution >= 4 is 54.0 Å². The average molecular weight is 619 g/mol. The van der Waals surface area contributed by atoms with E-state index in [1.807, 2.05) is 11.3 Å². The Hall–Kier alpha value is -5.51. The molecule has 9 aromatic rings. The number of pyridine rings is 1. The molecule has 0 radical (unpaired) electrons. The molecule has 47 heavy (non-hydrogen) atoms. The van der Waals surface area contributed by atoms with Gasteiger partial charge in [-0.1, -0.05) is 135 Å². The Morgan fingerprint density at radius 3 is 2.04 bits per heavy atom. The van der Waals surface area contributed by atoms with Crippen LogP contribution in [0.15, 0.2) is 146 Å². The normalized spacial score (nSPS) is 13.5. The van der Waals surface area contributed by atoms with Crippen molar-refractivity contribution in [3.8, 4) is 39.3 Å². The van der Waals surface area contributed by atoms with Gasteiger partial charge in [0, 0.05) is 42.3 Å². The number of rotatable bonds is 3. The van der Waals surface area contributed by atoms with Crippen molar-refractivity contribution in [1.29, 1.82) is 0 Å². The Morgan fingerprint density at radius 2 is 1.23 bits per heavy atom. The van der Waals surface area contributed by atoms with Crippen LogP contribution in [-0.2, 0) is 5.41 Å². The third-order valence-corrected chi connectivity index (χ3v) is 11.7. The summed E-state index contributed by atoms with van der Waals surface area (Å²) < 4.78 is 3.93. The highest BCUT2D eigenvalue weighted by Crippen LogP contribution is 2.54. The lowest BCUT2D eigenvalue weighted by molar-refractivity contribution is 0.647. The summed E-state index contributed by atoms with van der Waals surface area (Å²) in [5.74, 6) is 0. The Labute approximate surface area is 277 Å².